The van der Waals surface area contributed by atoms with Gasteiger partial charge in [-0.2, -0.15) is 5.10 Å². The molecule has 0 bridgehead atoms. The molecule has 1 unspecified atom stereocenters. The van der Waals surface area contributed by atoms with Gasteiger partial charge >= 0.3 is 0 Å². The van der Waals surface area contributed by atoms with Gasteiger partial charge in [-0.15, -0.1) is 0 Å². The number of nitrogens with zero attached hydrogens (tertiary/aromatic N) is 4. The van der Waals surface area contributed by atoms with E-state index in [0.717, 1.165) is 11.5 Å². The number of aryl methyl sites for hydroxylation is 1. The van der Waals surface area contributed by atoms with Crippen molar-refractivity contribution in [3.63, 3.8) is 0 Å². The Balaban J connectivity index is 1.54. The molecule has 0 spiro atoms. The number of amidine groups is 1. The molecule has 0 radical (unpaired) electrons. The Kier molecular flexibility index (Phi) is 7.31. The van der Waals surface area contributed by atoms with Crippen LogP contribution in [0.25, 0.3) is 6.08 Å². The summed E-state index contributed by atoms with van der Waals surface area (Å²) in [6.45, 7) is 4.47. The average Bonchev–Trinajstić information content (AvgIpc) is 3.35. The van der Waals surface area contributed by atoms with Crippen molar-refractivity contribution in [3.05, 3.63) is 71.9 Å². The van der Waals surface area contributed by atoms with E-state index in [0.29, 0.717) is 31.0 Å². The smallest absolute Gasteiger partial charge is 0.255 e. The lowest BCUT2D eigenvalue weighted by Gasteiger charge is -2.25. The summed E-state index contributed by atoms with van der Waals surface area (Å²) in [7, 11) is 1.90. The summed E-state index contributed by atoms with van der Waals surface area (Å²) in [6.07, 6.45) is 16.1. The summed E-state index contributed by atoms with van der Waals surface area (Å²) in [6, 6.07) is 0. The predicted octanol–water partition coefficient (Wildman–Crippen LogP) is 2.10. The van der Waals surface area contributed by atoms with Crippen LogP contribution in [-0.4, -0.2) is 50.6 Å². The van der Waals surface area contributed by atoms with E-state index in [2.05, 4.69) is 20.8 Å². The standard InChI is InChI=1S/C22H28N6O3/c1-4-13-31-15-20-25-26-21-18(7-6-12-28(20)21)22(30)23-11-10-19-24-16(14-27(19)3)8-9-17(29)5-2/h4-9,12-14,20,25,29H,10-11,15H2,1-3H3,(H,23,30)/b9-8-,13-4-,17-5+. The fourth-order valence-electron chi connectivity index (χ4n) is 3.11. The summed E-state index contributed by atoms with van der Waals surface area (Å²) in [5, 5.41) is 16.8. The van der Waals surface area contributed by atoms with Crippen molar-refractivity contribution >= 4 is 17.8 Å². The lowest BCUT2D eigenvalue weighted by Crippen LogP contribution is -2.43. The highest BCUT2D eigenvalue weighted by atomic mass is 16.5. The number of ether oxygens (including phenoxy) is 1. The minimum Gasteiger partial charge on any atom is -0.508 e. The molecule has 0 fully saturated rings. The number of aliphatic hydroxyl groups excluding tert-OH is 1. The SMILES string of the molecule is C/C=C\OCC1NN=C2C(C(=O)NCCc3nc(/C=C\C(O)=C/C)cn3C)=CC=CN21. The number of amides is 1. The van der Waals surface area contributed by atoms with E-state index in [1.54, 1.807) is 37.5 Å². The molecule has 2 aliphatic rings. The summed E-state index contributed by atoms with van der Waals surface area (Å²) in [5.41, 5.74) is 4.24. The number of rotatable bonds is 9. The van der Waals surface area contributed by atoms with Crippen LogP contribution in [0.5, 0.6) is 0 Å². The summed E-state index contributed by atoms with van der Waals surface area (Å²) in [5.74, 6) is 1.39. The molecule has 0 saturated carbocycles. The van der Waals surface area contributed by atoms with Gasteiger partial charge in [0.2, 0.25) is 0 Å². The van der Waals surface area contributed by atoms with Crippen LogP contribution in [0, 0.1) is 0 Å². The van der Waals surface area contributed by atoms with Gasteiger partial charge < -0.3 is 24.6 Å². The quantitative estimate of drug-likeness (QED) is 0.414. The molecule has 0 saturated heterocycles. The second-order valence-electron chi connectivity index (χ2n) is 6.96. The van der Waals surface area contributed by atoms with Crippen molar-refractivity contribution in [2.24, 2.45) is 12.1 Å². The minimum atomic E-state index is -0.197. The Bertz CT molecular complexity index is 983. The van der Waals surface area contributed by atoms with Gasteiger partial charge in [0.15, 0.2) is 12.0 Å². The van der Waals surface area contributed by atoms with Gasteiger partial charge in [-0.3, -0.25) is 10.2 Å². The molecule has 31 heavy (non-hydrogen) atoms. The molecule has 3 heterocycles. The normalized spacial score (nSPS) is 18.2. The molecule has 164 valence electrons. The largest absolute Gasteiger partial charge is 0.508 e. The van der Waals surface area contributed by atoms with Gasteiger partial charge in [0.05, 0.1) is 17.5 Å². The first-order valence-electron chi connectivity index (χ1n) is 10.1. The van der Waals surface area contributed by atoms with Crippen LogP contribution < -0.4 is 10.7 Å². The minimum absolute atomic E-state index is 0.167. The number of carbonyl (C=O) groups is 1. The van der Waals surface area contributed by atoms with Gasteiger partial charge in [0, 0.05) is 32.4 Å². The molecule has 0 aliphatic carbocycles. The van der Waals surface area contributed by atoms with E-state index in [1.807, 2.05) is 48.0 Å². The molecule has 3 rings (SSSR count). The summed E-state index contributed by atoms with van der Waals surface area (Å²) >= 11 is 0. The maximum atomic E-state index is 12.7. The van der Waals surface area contributed by atoms with Crippen LogP contribution in [-0.2, 0) is 23.0 Å². The van der Waals surface area contributed by atoms with Crippen LogP contribution in [0.3, 0.4) is 0 Å². The van der Waals surface area contributed by atoms with Gasteiger partial charge in [-0.05, 0) is 44.2 Å². The fraction of sp³-hybridized carbons (Fsp3) is 0.318. The molecule has 1 aromatic heterocycles. The number of hydrazone groups is 1. The van der Waals surface area contributed by atoms with Gasteiger partial charge in [-0.1, -0.05) is 6.08 Å². The lowest BCUT2D eigenvalue weighted by molar-refractivity contribution is -0.117. The van der Waals surface area contributed by atoms with Crippen molar-refractivity contribution in [1.29, 1.82) is 0 Å². The monoisotopic (exact) mass is 424 g/mol. The molecule has 1 amide bonds. The highest BCUT2D eigenvalue weighted by Crippen LogP contribution is 2.18. The maximum absolute atomic E-state index is 12.7. The van der Waals surface area contributed by atoms with Crippen molar-refractivity contribution in [3.8, 4) is 0 Å². The summed E-state index contributed by atoms with van der Waals surface area (Å²) in [4.78, 5) is 19.1. The Morgan fingerprint density at radius 2 is 2.26 bits per heavy atom. The number of hydrogen-bond donors (Lipinski definition) is 3. The topological polar surface area (TPSA) is 104 Å². The van der Waals surface area contributed by atoms with Crippen molar-refractivity contribution in [1.82, 2.24) is 25.2 Å². The zero-order chi connectivity index (χ0) is 22.2. The van der Waals surface area contributed by atoms with Crippen molar-refractivity contribution in [2.75, 3.05) is 13.2 Å². The van der Waals surface area contributed by atoms with E-state index < -0.39 is 0 Å². The van der Waals surface area contributed by atoms with Crippen LogP contribution in [0.1, 0.15) is 25.4 Å². The van der Waals surface area contributed by atoms with E-state index in [-0.39, 0.29) is 17.8 Å². The number of imidazole rings is 1. The maximum Gasteiger partial charge on any atom is 0.255 e. The predicted molar refractivity (Wildman–Crippen MR) is 120 cm³/mol. The fourth-order valence-corrected chi connectivity index (χ4v) is 3.11. The third-order valence-corrected chi connectivity index (χ3v) is 4.73. The molecule has 9 heteroatoms. The highest BCUT2D eigenvalue weighted by molar-refractivity contribution is 6.22. The number of aliphatic hydroxyl groups is 1. The Morgan fingerprint density at radius 3 is 3.03 bits per heavy atom. The van der Waals surface area contributed by atoms with Crippen LogP contribution in [0.15, 0.2) is 65.5 Å². The molecular weight excluding hydrogens is 396 g/mol. The number of carbonyl (C=O) groups excluding carboxylic acids is 1. The average molecular weight is 425 g/mol. The Morgan fingerprint density at radius 1 is 1.42 bits per heavy atom. The van der Waals surface area contributed by atoms with E-state index in [9.17, 15) is 9.90 Å². The third kappa shape index (κ3) is 5.44. The second-order valence-corrected chi connectivity index (χ2v) is 6.96. The van der Waals surface area contributed by atoms with Crippen molar-refractivity contribution in [2.45, 2.75) is 26.4 Å². The van der Waals surface area contributed by atoms with E-state index in [1.165, 1.54) is 0 Å². The van der Waals surface area contributed by atoms with E-state index in [4.69, 9.17) is 4.74 Å². The third-order valence-electron chi connectivity index (χ3n) is 4.73. The first kappa shape index (κ1) is 21.9. The molecule has 3 N–H and O–H groups in total. The van der Waals surface area contributed by atoms with Gasteiger partial charge in [0.1, 0.15) is 18.2 Å². The lowest BCUT2D eigenvalue weighted by atomic mass is 10.1. The van der Waals surface area contributed by atoms with Gasteiger partial charge in [0.25, 0.3) is 5.91 Å². The Hall–Kier alpha value is -3.75. The van der Waals surface area contributed by atoms with Crippen LogP contribution >= 0.6 is 0 Å². The van der Waals surface area contributed by atoms with Gasteiger partial charge in [-0.25, -0.2) is 4.98 Å². The van der Waals surface area contributed by atoms with Crippen LogP contribution in [0.2, 0.25) is 0 Å². The number of allylic oxidation sites excluding steroid dienone is 5. The highest BCUT2D eigenvalue weighted by Gasteiger charge is 2.32. The molecule has 2 aliphatic heterocycles. The second kappa shape index (κ2) is 10.3. The Labute approximate surface area is 181 Å². The number of nitrogens with one attached hydrogen (secondary N) is 2. The molecular formula is C22H28N6O3. The van der Waals surface area contributed by atoms with Crippen molar-refractivity contribution < 1.29 is 14.6 Å². The summed E-state index contributed by atoms with van der Waals surface area (Å²) < 4.78 is 7.34. The number of hydrogen-bond acceptors (Lipinski definition) is 7. The zero-order valence-electron chi connectivity index (χ0n) is 17.9. The molecule has 1 atom stereocenters. The number of fused-ring (bicyclic) bond motifs is 1. The van der Waals surface area contributed by atoms with Crippen LogP contribution in [0.4, 0.5) is 0 Å². The molecule has 1 aromatic rings. The molecule has 9 nitrogen and oxygen atoms in total. The van der Waals surface area contributed by atoms with E-state index >= 15 is 0 Å². The zero-order valence-corrected chi connectivity index (χ0v) is 17.9. The first-order valence-corrected chi connectivity index (χ1v) is 10.1. The molecule has 0 aromatic carbocycles. The number of aromatic nitrogens is 2. The first-order chi connectivity index (χ1) is 15.0.